The lowest BCUT2D eigenvalue weighted by atomic mass is 10.1. The van der Waals surface area contributed by atoms with Gasteiger partial charge in [-0.1, -0.05) is 13.3 Å². The lowest BCUT2D eigenvalue weighted by Crippen LogP contribution is -2.52. The zero-order chi connectivity index (χ0) is 13.0. The Morgan fingerprint density at radius 2 is 1.83 bits per heavy atom. The Morgan fingerprint density at radius 3 is 2.50 bits per heavy atom. The summed E-state index contributed by atoms with van der Waals surface area (Å²) in [7, 11) is -3.26. The van der Waals surface area contributed by atoms with E-state index >= 15 is 0 Å². The summed E-state index contributed by atoms with van der Waals surface area (Å²) in [6.45, 7) is 6.44. The van der Waals surface area contributed by atoms with E-state index in [4.69, 9.17) is 0 Å². The molecule has 2 saturated heterocycles. The van der Waals surface area contributed by atoms with Gasteiger partial charge in [0.15, 0.2) is 0 Å². The van der Waals surface area contributed by atoms with E-state index in [1.165, 1.54) is 0 Å². The number of nitrogens with zero attached hydrogens (tertiary/aromatic N) is 2. The largest absolute Gasteiger partial charge is 0.302 e. The number of hydrogen-bond acceptors (Lipinski definition) is 3. The Labute approximate surface area is 111 Å². The van der Waals surface area contributed by atoms with Crippen LogP contribution in [0.3, 0.4) is 0 Å². The SMILES string of the molecule is CCN1CCCC(NS(=O)(=O)N2CCCCC2)C1. The highest BCUT2D eigenvalue weighted by atomic mass is 32.2. The number of likely N-dealkylation sites (tertiary alicyclic amines) is 1. The summed E-state index contributed by atoms with van der Waals surface area (Å²) in [6.07, 6.45) is 5.18. The zero-order valence-electron chi connectivity index (χ0n) is 11.3. The van der Waals surface area contributed by atoms with Crippen LogP contribution in [-0.4, -0.2) is 56.4 Å². The monoisotopic (exact) mass is 275 g/mol. The van der Waals surface area contributed by atoms with E-state index in [-0.39, 0.29) is 6.04 Å². The molecule has 0 aromatic carbocycles. The highest BCUT2D eigenvalue weighted by Crippen LogP contribution is 2.15. The molecular formula is C12H25N3O2S. The molecule has 0 aliphatic carbocycles. The molecule has 2 aliphatic rings. The standard InChI is InChI=1S/C12H25N3O2S/c1-2-14-8-6-7-12(11-14)13-18(16,17)15-9-4-3-5-10-15/h12-13H,2-11H2,1H3. The number of rotatable bonds is 4. The van der Waals surface area contributed by atoms with Gasteiger partial charge in [-0.05, 0) is 38.8 Å². The van der Waals surface area contributed by atoms with Crippen molar-refractivity contribution in [1.29, 1.82) is 0 Å². The normalized spacial score (nSPS) is 28.4. The maximum absolute atomic E-state index is 12.2. The van der Waals surface area contributed by atoms with E-state index in [0.717, 1.165) is 51.7 Å². The van der Waals surface area contributed by atoms with Gasteiger partial charge in [-0.15, -0.1) is 0 Å². The van der Waals surface area contributed by atoms with Crippen molar-refractivity contribution < 1.29 is 8.42 Å². The summed E-state index contributed by atoms with van der Waals surface area (Å²) in [4.78, 5) is 2.31. The van der Waals surface area contributed by atoms with Crippen molar-refractivity contribution in [2.45, 2.75) is 45.1 Å². The molecule has 0 saturated carbocycles. The van der Waals surface area contributed by atoms with E-state index in [0.29, 0.717) is 13.1 Å². The van der Waals surface area contributed by atoms with Gasteiger partial charge < -0.3 is 4.90 Å². The molecule has 1 atom stereocenters. The average Bonchev–Trinajstić information content (AvgIpc) is 2.39. The van der Waals surface area contributed by atoms with E-state index in [9.17, 15) is 8.42 Å². The van der Waals surface area contributed by atoms with Gasteiger partial charge in [0.05, 0.1) is 0 Å². The summed E-state index contributed by atoms with van der Waals surface area (Å²) < 4.78 is 29.0. The van der Waals surface area contributed by atoms with E-state index in [1.54, 1.807) is 4.31 Å². The maximum atomic E-state index is 12.2. The van der Waals surface area contributed by atoms with Crippen LogP contribution in [0.4, 0.5) is 0 Å². The second kappa shape index (κ2) is 6.32. The molecule has 1 unspecified atom stereocenters. The van der Waals surface area contributed by atoms with Crippen LogP contribution in [0.1, 0.15) is 39.0 Å². The topological polar surface area (TPSA) is 52.7 Å². The molecule has 0 amide bonds. The van der Waals surface area contributed by atoms with E-state index < -0.39 is 10.2 Å². The molecule has 2 rings (SSSR count). The van der Waals surface area contributed by atoms with Crippen molar-refractivity contribution in [3.63, 3.8) is 0 Å². The molecule has 106 valence electrons. The van der Waals surface area contributed by atoms with Gasteiger partial charge in [-0.25, -0.2) is 0 Å². The third kappa shape index (κ3) is 3.66. The number of hydrogen-bond donors (Lipinski definition) is 1. The molecule has 18 heavy (non-hydrogen) atoms. The van der Waals surface area contributed by atoms with Crippen LogP contribution in [0.2, 0.25) is 0 Å². The smallest absolute Gasteiger partial charge is 0.279 e. The first-order valence-electron chi connectivity index (χ1n) is 7.11. The molecule has 2 heterocycles. The second-order valence-electron chi connectivity index (χ2n) is 5.31. The Bertz CT molecular complexity index is 352. The lowest BCUT2D eigenvalue weighted by molar-refractivity contribution is 0.209. The first-order valence-corrected chi connectivity index (χ1v) is 8.55. The first kappa shape index (κ1) is 14.2. The minimum Gasteiger partial charge on any atom is -0.302 e. The molecule has 6 heteroatoms. The minimum atomic E-state index is -3.26. The van der Waals surface area contributed by atoms with Gasteiger partial charge in [0.1, 0.15) is 0 Å². The highest BCUT2D eigenvalue weighted by molar-refractivity contribution is 7.87. The van der Waals surface area contributed by atoms with Gasteiger partial charge >= 0.3 is 0 Å². The molecule has 2 fully saturated rings. The van der Waals surface area contributed by atoms with Gasteiger partial charge in [0, 0.05) is 25.7 Å². The van der Waals surface area contributed by atoms with Crippen LogP contribution in [0.15, 0.2) is 0 Å². The van der Waals surface area contributed by atoms with Crippen molar-refractivity contribution in [3.8, 4) is 0 Å². The van der Waals surface area contributed by atoms with E-state index in [1.807, 2.05) is 0 Å². The summed E-state index contributed by atoms with van der Waals surface area (Å²) in [6, 6.07) is 0.0885. The predicted octanol–water partition coefficient (Wildman–Crippen LogP) is 0.791. The second-order valence-corrected chi connectivity index (χ2v) is 7.02. The van der Waals surface area contributed by atoms with Crippen LogP contribution >= 0.6 is 0 Å². The Kier molecular flexibility index (Phi) is 5.00. The van der Waals surface area contributed by atoms with Crippen LogP contribution in [-0.2, 0) is 10.2 Å². The fourth-order valence-corrected chi connectivity index (χ4v) is 4.33. The lowest BCUT2D eigenvalue weighted by Gasteiger charge is -2.34. The molecule has 5 nitrogen and oxygen atoms in total. The number of nitrogens with one attached hydrogen (secondary N) is 1. The van der Waals surface area contributed by atoms with Gasteiger partial charge in [0.25, 0.3) is 10.2 Å². The van der Waals surface area contributed by atoms with Gasteiger partial charge in [-0.3, -0.25) is 0 Å². The van der Waals surface area contributed by atoms with Crippen molar-refractivity contribution in [3.05, 3.63) is 0 Å². The Hall–Kier alpha value is -0.170. The van der Waals surface area contributed by atoms with Crippen LogP contribution < -0.4 is 4.72 Å². The summed E-state index contributed by atoms with van der Waals surface area (Å²) >= 11 is 0. The maximum Gasteiger partial charge on any atom is 0.279 e. The fraction of sp³-hybridized carbons (Fsp3) is 1.00. The summed E-state index contributed by atoms with van der Waals surface area (Å²) in [5.41, 5.74) is 0. The quantitative estimate of drug-likeness (QED) is 0.825. The van der Waals surface area contributed by atoms with Crippen molar-refractivity contribution in [2.24, 2.45) is 0 Å². The van der Waals surface area contributed by atoms with Crippen LogP contribution in [0, 0.1) is 0 Å². The minimum absolute atomic E-state index is 0.0885. The van der Waals surface area contributed by atoms with E-state index in [2.05, 4.69) is 16.5 Å². The predicted molar refractivity (Wildman–Crippen MR) is 72.6 cm³/mol. The molecule has 0 aromatic rings. The molecule has 0 aromatic heterocycles. The van der Waals surface area contributed by atoms with Crippen LogP contribution in [0.5, 0.6) is 0 Å². The zero-order valence-corrected chi connectivity index (χ0v) is 12.1. The summed E-state index contributed by atoms with van der Waals surface area (Å²) in [5.74, 6) is 0. The third-order valence-electron chi connectivity index (χ3n) is 3.92. The summed E-state index contributed by atoms with van der Waals surface area (Å²) in [5, 5.41) is 0. The van der Waals surface area contributed by atoms with Gasteiger partial charge in [0.2, 0.25) is 0 Å². The molecule has 2 aliphatic heterocycles. The molecular weight excluding hydrogens is 250 g/mol. The molecule has 1 N–H and O–H groups in total. The molecule has 0 radical (unpaired) electrons. The van der Waals surface area contributed by atoms with Crippen molar-refractivity contribution >= 4 is 10.2 Å². The van der Waals surface area contributed by atoms with Crippen molar-refractivity contribution in [1.82, 2.24) is 13.9 Å². The molecule has 0 spiro atoms. The number of likely N-dealkylation sites (N-methyl/N-ethyl adjacent to an activating group) is 1. The van der Waals surface area contributed by atoms with Gasteiger partial charge in [-0.2, -0.15) is 17.4 Å². The Morgan fingerprint density at radius 1 is 1.11 bits per heavy atom. The van der Waals surface area contributed by atoms with Crippen molar-refractivity contribution in [2.75, 3.05) is 32.7 Å². The highest BCUT2D eigenvalue weighted by Gasteiger charge is 2.28. The fourth-order valence-electron chi connectivity index (χ4n) is 2.83. The first-order chi connectivity index (χ1) is 8.62. The Balaban J connectivity index is 1.90. The van der Waals surface area contributed by atoms with Crippen LogP contribution in [0.25, 0.3) is 0 Å². The molecule has 0 bridgehead atoms. The third-order valence-corrected chi connectivity index (χ3v) is 5.60. The average molecular weight is 275 g/mol. The number of piperidine rings is 2.